The van der Waals surface area contributed by atoms with E-state index >= 15 is 0 Å². The molecule has 1 atom stereocenters. The van der Waals surface area contributed by atoms with Gasteiger partial charge in [-0.25, -0.2) is 9.37 Å². The summed E-state index contributed by atoms with van der Waals surface area (Å²) in [7, 11) is 0. The van der Waals surface area contributed by atoms with Gasteiger partial charge in [-0.15, -0.1) is 0 Å². The van der Waals surface area contributed by atoms with E-state index < -0.39 is 11.9 Å². The first-order valence-corrected chi connectivity index (χ1v) is 6.26. The molecule has 6 heteroatoms. The van der Waals surface area contributed by atoms with E-state index in [0.29, 0.717) is 16.1 Å². The highest BCUT2D eigenvalue weighted by atomic mass is 35.5. The largest absolute Gasteiger partial charge is 0.388 e. The van der Waals surface area contributed by atoms with Crippen molar-refractivity contribution in [1.82, 2.24) is 4.98 Å². The summed E-state index contributed by atoms with van der Waals surface area (Å²) < 4.78 is 13.7. The summed E-state index contributed by atoms with van der Waals surface area (Å²) in [6, 6.07) is 6.13. The van der Waals surface area contributed by atoms with Gasteiger partial charge in [0.1, 0.15) is 11.6 Å². The fraction of sp³-hybridized carbons (Fsp3) is 0.154. The first-order valence-electron chi connectivity index (χ1n) is 5.51. The average Bonchev–Trinajstić information content (AvgIpc) is 2.38. The van der Waals surface area contributed by atoms with Crippen molar-refractivity contribution in [2.75, 3.05) is 5.73 Å². The van der Waals surface area contributed by atoms with Crippen LogP contribution in [-0.2, 0) is 6.42 Å². The summed E-state index contributed by atoms with van der Waals surface area (Å²) in [5.41, 5.74) is 6.33. The third-order valence-corrected chi connectivity index (χ3v) is 3.22. The summed E-state index contributed by atoms with van der Waals surface area (Å²) in [5, 5.41) is 10.5. The molecule has 19 heavy (non-hydrogen) atoms. The lowest BCUT2D eigenvalue weighted by Crippen LogP contribution is -2.08. The zero-order valence-corrected chi connectivity index (χ0v) is 11.3. The fourth-order valence-electron chi connectivity index (χ4n) is 1.76. The number of halogens is 3. The van der Waals surface area contributed by atoms with Gasteiger partial charge in [-0.05, 0) is 17.7 Å². The molecule has 1 unspecified atom stereocenters. The van der Waals surface area contributed by atoms with Crippen molar-refractivity contribution in [1.29, 1.82) is 0 Å². The summed E-state index contributed by atoms with van der Waals surface area (Å²) >= 11 is 11.5. The monoisotopic (exact) mass is 300 g/mol. The second-order valence-electron chi connectivity index (χ2n) is 4.06. The smallest absolute Gasteiger partial charge is 0.145 e. The molecule has 3 N–H and O–H groups in total. The summed E-state index contributed by atoms with van der Waals surface area (Å²) in [4.78, 5) is 3.85. The molecule has 1 aromatic carbocycles. The third-order valence-electron chi connectivity index (χ3n) is 2.72. The van der Waals surface area contributed by atoms with E-state index in [0.717, 1.165) is 0 Å². The molecule has 0 aliphatic heterocycles. The van der Waals surface area contributed by atoms with Gasteiger partial charge in [0.2, 0.25) is 0 Å². The maximum absolute atomic E-state index is 13.7. The van der Waals surface area contributed by atoms with E-state index in [1.807, 2.05) is 0 Å². The van der Waals surface area contributed by atoms with E-state index in [9.17, 15) is 9.50 Å². The molecule has 2 aromatic rings. The topological polar surface area (TPSA) is 59.1 Å². The molecular weight excluding hydrogens is 290 g/mol. The molecule has 0 saturated carbocycles. The highest BCUT2D eigenvalue weighted by Crippen LogP contribution is 2.27. The Balaban J connectivity index is 2.28. The summed E-state index contributed by atoms with van der Waals surface area (Å²) in [5.74, 6) is -0.379. The Labute approximate surface area is 119 Å². The first-order chi connectivity index (χ1) is 8.99. The van der Waals surface area contributed by atoms with Crippen LogP contribution in [0.1, 0.15) is 17.2 Å². The zero-order chi connectivity index (χ0) is 14.0. The molecule has 0 radical (unpaired) electrons. The van der Waals surface area contributed by atoms with E-state index in [-0.39, 0.29) is 17.3 Å². The van der Waals surface area contributed by atoms with Gasteiger partial charge in [0, 0.05) is 18.2 Å². The van der Waals surface area contributed by atoms with Crippen LogP contribution in [0.15, 0.2) is 30.5 Å². The van der Waals surface area contributed by atoms with Gasteiger partial charge >= 0.3 is 0 Å². The second-order valence-corrected chi connectivity index (χ2v) is 4.90. The minimum atomic E-state index is -1.00. The molecule has 100 valence electrons. The fourth-order valence-corrected chi connectivity index (χ4v) is 2.12. The number of hydrogen-bond donors (Lipinski definition) is 2. The van der Waals surface area contributed by atoms with Gasteiger partial charge in [0.05, 0.1) is 16.1 Å². The number of rotatable bonds is 3. The Morgan fingerprint density at radius 2 is 2.11 bits per heavy atom. The molecule has 0 saturated heterocycles. The minimum Gasteiger partial charge on any atom is -0.388 e. The van der Waals surface area contributed by atoms with Crippen LogP contribution in [0.5, 0.6) is 0 Å². The van der Waals surface area contributed by atoms with Crippen LogP contribution in [0.3, 0.4) is 0 Å². The van der Waals surface area contributed by atoms with Crippen LogP contribution in [0, 0.1) is 5.82 Å². The molecule has 1 aromatic heterocycles. The molecule has 0 fully saturated rings. The van der Waals surface area contributed by atoms with E-state index in [1.54, 1.807) is 12.1 Å². The van der Waals surface area contributed by atoms with Crippen LogP contribution >= 0.6 is 23.2 Å². The van der Waals surface area contributed by atoms with Gasteiger partial charge in [0.25, 0.3) is 0 Å². The SMILES string of the molecule is Nc1ncc(Cl)cc1C(O)Cc1cccc(Cl)c1F. The lowest BCUT2D eigenvalue weighted by atomic mass is 10.0. The Morgan fingerprint density at radius 1 is 1.37 bits per heavy atom. The Morgan fingerprint density at radius 3 is 2.84 bits per heavy atom. The number of aliphatic hydroxyl groups excluding tert-OH is 1. The van der Waals surface area contributed by atoms with Crippen LogP contribution < -0.4 is 5.73 Å². The first kappa shape index (κ1) is 14.1. The molecule has 0 bridgehead atoms. The van der Waals surface area contributed by atoms with Crippen LogP contribution in [0.4, 0.5) is 10.2 Å². The quantitative estimate of drug-likeness (QED) is 0.913. The van der Waals surface area contributed by atoms with Crippen molar-refractivity contribution >= 4 is 29.0 Å². The number of nitrogens with two attached hydrogens (primary N) is 1. The molecule has 0 aliphatic carbocycles. The Bertz CT molecular complexity index is 607. The lowest BCUT2D eigenvalue weighted by Gasteiger charge is -2.14. The highest BCUT2D eigenvalue weighted by Gasteiger charge is 2.16. The number of pyridine rings is 1. The van der Waals surface area contributed by atoms with Crippen molar-refractivity contribution in [2.45, 2.75) is 12.5 Å². The van der Waals surface area contributed by atoms with Gasteiger partial charge < -0.3 is 10.8 Å². The maximum atomic E-state index is 13.7. The predicted octanol–water partition coefficient (Wildman–Crippen LogP) is 3.39. The number of aliphatic hydroxyl groups is 1. The molecule has 2 rings (SSSR count). The minimum absolute atomic E-state index is 0.0156. The zero-order valence-electron chi connectivity index (χ0n) is 9.78. The van der Waals surface area contributed by atoms with Crippen LogP contribution in [-0.4, -0.2) is 10.1 Å². The molecular formula is C13H11Cl2FN2O. The van der Waals surface area contributed by atoms with Crippen molar-refractivity contribution in [3.63, 3.8) is 0 Å². The number of aromatic nitrogens is 1. The second kappa shape index (κ2) is 5.74. The number of anilines is 1. The third kappa shape index (κ3) is 3.15. The molecule has 0 aliphatic rings. The Hall–Kier alpha value is -1.36. The molecule has 3 nitrogen and oxygen atoms in total. The number of nitrogen functional groups attached to an aromatic ring is 1. The Kier molecular flexibility index (Phi) is 4.24. The van der Waals surface area contributed by atoms with Crippen LogP contribution in [0.25, 0.3) is 0 Å². The van der Waals surface area contributed by atoms with Crippen LogP contribution in [0.2, 0.25) is 10.0 Å². The van der Waals surface area contributed by atoms with Gasteiger partial charge in [0.15, 0.2) is 0 Å². The van der Waals surface area contributed by atoms with Gasteiger partial charge in [-0.3, -0.25) is 0 Å². The van der Waals surface area contributed by atoms with E-state index in [4.69, 9.17) is 28.9 Å². The van der Waals surface area contributed by atoms with Crippen molar-refractivity contribution in [2.24, 2.45) is 0 Å². The van der Waals surface area contributed by atoms with E-state index in [1.165, 1.54) is 18.3 Å². The highest BCUT2D eigenvalue weighted by molar-refractivity contribution is 6.31. The van der Waals surface area contributed by atoms with Gasteiger partial charge in [-0.1, -0.05) is 35.3 Å². The molecule has 0 amide bonds. The standard InChI is InChI=1S/C13H11Cl2FN2O/c14-8-5-9(13(17)18-6-8)11(19)4-7-2-1-3-10(15)12(7)16/h1-3,5-6,11,19H,4H2,(H2,17,18). The predicted molar refractivity (Wildman–Crippen MR) is 73.7 cm³/mol. The molecule has 0 spiro atoms. The normalized spacial score (nSPS) is 12.4. The van der Waals surface area contributed by atoms with E-state index in [2.05, 4.69) is 4.98 Å². The number of benzene rings is 1. The molecule has 1 heterocycles. The maximum Gasteiger partial charge on any atom is 0.145 e. The average molecular weight is 301 g/mol. The van der Waals surface area contributed by atoms with Crippen molar-refractivity contribution in [3.8, 4) is 0 Å². The number of nitrogens with zero attached hydrogens (tertiary/aromatic N) is 1. The van der Waals surface area contributed by atoms with Crippen molar-refractivity contribution in [3.05, 3.63) is 57.5 Å². The summed E-state index contributed by atoms with van der Waals surface area (Å²) in [6.45, 7) is 0. The van der Waals surface area contributed by atoms with Crippen molar-refractivity contribution < 1.29 is 9.50 Å². The van der Waals surface area contributed by atoms with Gasteiger partial charge in [-0.2, -0.15) is 0 Å². The lowest BCUT2D eigenvalue weighted by molar-refractivity contribution is 0.177. The number of hydrogen-bond acceptors (Lipinski definition) is 3. The summed E-state index contributed by atoms with van der Waals surface area (Å²) in [6.07, 6.45) is 0.422.